The summed E-state index contributed by atoms with van der Waals surface area (Å²) in [6.45, 7) is 2.67. The second-order valence-electron chi connectivity index (χ2n) is 5.95. The quantitative estimate of drug-likeness (QED) is 0.905. The molecule has 0 spiro atoms. The number of ether oxygens (including phenoxy) is 1. The second kappa shape index (κ2) is 5.64. The lowest BCUT2D eigenvalue weighted by Crippen LogP contribution is -2.35. The lowest BCUT2D eigenvalue weighted by molar-refractivity contribution is -0.128. The molecule has 1 saturated carbocycles. The number of rotatable bonds is 5. The number of halogens is 1. The van der Waals surface area contributed by atoms with Gasteiger partial charge in [-0.05, 0) is 25.8 Å². The summed E-state index contributed by atoms with van der Waals surface area (Å²) in [4.78, 5) is 13.9. The lowest BCUT2D eigenvalue weighted by Gasteiger charge is -2.21. The van der Waals surface area contributed by atoms with Crippen LogP contribution in [0.5, 0.6) is 5.75 Å². The van der Waals surface area contributed by atoms with Gasteiger partial charge in [-0.15, -0.1) is 0 Å². The molecule has 1 aromatic rings. The minimum Gasteiger partial charge on any atom is -0.497 e. The van der Waals surface area contributed by atoms with Crippen LogP contribution in [0.3, 0.4) is 0 Å². The van der Waals surface area contributed by atoms with Crippen molar-refractivity contribution in [1.29, 1.82) is 0 Å². The molecular formula is C16H21FN2O2. The number of hydrogen-bond donors (Lipinski definition) is 1. The van der Waals surface area contributed by atoms with Crippen molar-refractivity contribution in [3.63, 3.8) is 0 Å². The number of benzene rings is 1. The van der Waals surface area contributed by atoms with E-state index in [1.54, 1.807) is 12.1 Å². The minimum atomic E-state index is -0.280. The summed E-state index contributed by atoms with van der Waals surface area (Å²) in [6.07, 6.45) is 2.76. The fraction of sp³-hybridized carbons (Fsp3) is 0.562. The minimum absolute atomic E-state index is 0.106. The normalized spacial score (nSPS) is 23.5. The number of methoxy groups -OCH3 is 1. The predicted molar refractivity (Wildman–Crippen MR) is 77.6 cm³/mol. The van der Waals surface area contributed by atoms with E-state index < -0.39 is 0 Å². The molecule has 1 amide bonds. The zero-order valence-corrected chi connectivity index (χ0v) is 12.4. The van der Waals surface area contributed by atoms with Crippen LogP contribution in [-0.4, -0.2) is 36.5 Å². The Hall–Kier alpha value is -1.62. The Bertz CT molecular complexity index is 545. The Morgan fingerprint density at radius 1 is 1.43 bits per heavy atom. The highest BCUT2D eigenvalue weighted by atomic mass is 19.1. The van der Waals surface area contributed by atoms with E-state index in [-0.39, 0.29) is 23.8 Å². The van der Waals surface area contributed by atoms with E-state index in [0.29, 0.717) is 23.8 Å². The van der Waals surface area contributed by atoms with Gasteiger partial charge < -0.3 is 15.0 Å². The van der Waals surface area contributed by atoms with Crippen molar-refractivity contribution in [2.24, 2.45) is 0 Å². The van der Waals surface area contributed by atoms with E-state index in [1.165, 1.54) is 13.2 Å². The van der Waals surface area contributed by atoms with Crippen LogP contribution in [0.2, 0.25) is 0 Å². The Morgan fingerprint density at radius 2 is 2.19 bits per heavy atom. The van der Waals surface area contributed by atoms with Crippen LogP contribution >= 0.6 is 0 Å². The highest BCUT2D eigenvalue weighted by molar-refractivity contribution is 5.80. The van der Waals surface area contributed by atoms with Crippen molar-refractivity contribution in [3.05, 3.63) is 29.6 Å². The molecule has 1 heterocycles. The van der Waals surface area contributed by atoms with Crippen LogP contribution in [-0.2, 0) is 4.79 Å². The summed E-state index contributed by atoms with van der Waals surface area (Å²) < 4.78 is 19.1. The molecule has 0 unspecified atom stereocenters. The first kappa shape index (κ1) is 14.3. The summed E-state index contributed by atoms with van der Waals surface area (Å²) in [5, 5.41) is 3.37. The van der Waals surface area contributed by atoms with Crippen molar-refractivity contribution >= 4 is 5.91 Å². The summed E-state index contributed by atoms with van der Waals surface area (Å²) in [6, 6.07) is 5.32. The molecule has 1 aliphatic heterocycles. The molecular weight excluding hydrogens is 271 g/mol. The molecule has 3 rings (SSSR count). The fourth-order valence-corrected chi connectivity index (χ4v) is 3.01. The molecule has 2 aliphatic rings. The molecule has 1 aromatic carbocycles. The lowest BCUT2D eigenvalue weighted by atomic mass is 10.1. The van der Waals surface area contributed by atoms with E-state index >= 15 is 0 Å². The van der Waals surface area contributed by atoms with Crippen LogP contribution in [0.1, 0.15) is 37.8 Å². The molecule has 4 nitrogen and oxygen atoms in total. The van der Waals surface area contributed by atoms with Crippen LogP contribution in [0.25, 0.3) is 0 Å². The number of carbonyl (C=O) groups is 1. The number of amides is 1. The predicted octanol–water partition coefficient (Wildman–Crippen LogP) is 2.25. The van der Waals surface area contributed by atoms with Crippen LogP contribution in [0.15, 0.2) is 18.2 Å². The van der Waals surface area contributed by atoms with Gasteiger partial charge in [-0.3, -0.25) is 4.79 Å². The van der Waals surface area contributed by atoms with Gasteiger partial charge in [0.25, 0.3) is 0 Å². The molecule has 114 valence electrons. The maximum Gasteiger partial charge on any atom is 0.224 e. The smallest absolute Gasteiger partial charge is 0.224 e. The van der Waals surface area contributed by atoms with Crippen molar-refractivity contribution in [3.8, 4) is 5.75 Å². The van der Waals surface area contributed by atoms with Gasteiger partial charge in [-0.2, -0.15) is 0 Å². The van der Waals surface area contributed by atoms with Gasteiger partial charge in [-0.1, -0.05) is 6.07 Å². The number of carbonyl (C=O) groups excluding carboxylic acids is 1. The van der Waals surface area contributed by atoms with Crippen LogP contribution < -0.4 is 10.1 Å². The first-order valence-corrected chi connectivity index (χ1v) is 7.47. The summed E-state index contributed by atoms with van der Waals surface area (Å²) in [5.74, 6) is 0.453. The third-order valence-corrected chi connectivity index (χ3v) is 4.31. The Balaban J connectivity index is 1.63. The molecule has 1 N–H and O–H groups in total. The summed E-state index contributed by atoms with van der Waals surface area (Å²) in [5.41, 5.74) is 0.605. The van der Waals surface area contributed by atoms with Crippen molar-refractivity contribution < 1.29 is 13.9 Å². The van der Waals surface area contributed by atoms with E-state index in [2.05, 4.69) is 5.32 Å². The molecule has 21 heavy (non-hydrogen) atoms. The third-order valence-electron chi connectivity index (χ3n) is 4.31. The molecule has 1 aliphatic carbocycles. The highest BCUT2D eigenvalue weighted by Gasteiger charge is 2.39. The highest BCUT2D eigenvalue weighted by Crippen LogP contribution is 2.31. The standard InChI is InChI=1S/C16H21FN2O2/c1-10(14-6-5-13(21-2)8-15(14)17)18-11-7-16(20)19(9-11)12-3-4-12/h5-6,8,10-12,18H,3-4,7,9H2,1-2H3/t10-,11+/m0/s1. The molecule has 5 heteroatoms. The zero-order valence-electron chi connectivity index (χ0n) is 12.4. The van der Waals surface area contributed by atoms with Gasteiger partial charge in [0, 0.05) is 42.7 Å². The SMILES string of the molecule is COc1ccc([C@H](C)N[C@@H]2CC(=O)N(C3CC3)C2)c(F)c1. The van der Waals surface area contributed by atoms with Crippen LogP contribution in [0.4, 0.5) is 4.39 Å². The molecule has 0 aromatic heterocycles. The number of nitrogens with one attached hydrogen (secondary N) is 1. The third kappa shape index (κ3) is 3.02. The van der Waals surface area contributed by atoms with Crippen molar-refractivity contribution in [1.82, 2.24) is 10.2 Å². The number of nitrogens with zero attached hydrogens (tertiary/aromatic N) is 1. The maximum atomic E-state index is 14.1. The van der Waals surface area contributed by atoms with Gasteiger partial charge in [0.1, 0.15) is 11.6 Å². The first-order valence-electron chi connectivity index (χ1n) is 7.47. The van der Waals surface area contributed by atoms with Crippen molar-refractivity contribution in [2.75, 3.05) is 13.7 Å². The largest absolute Gasteiger partial charge is 0.497 e. The molecule has 1 saturated heterocycles. The fourth-order valence-electron chi connectivity index (χ4n) is 3.01. The number of likely N-dealkylation sites (tertiary alicyclic amines) is 1. The zero-order chi connectivity index (χ0) is 15.0. The summed E-state index contributed by atoms with van der Waals surface area (Å²) >= 11 is 0. The van der Waals surface area contributed by atoms with Crippen molar-refractivity contribution in [2.45, 2.75) is 44.3 Å². The van der Waals surface area contributed by atoms with Gasteiger partial charge in [0.2, 0.25) is 5.91 Å². The van der Waals surface area contributed by atoms with E-state index in [4.69, 9.17) is 4.74 Å². The Labute approximate surface area is 124 Å². The molecule has 0 radical (unpaired) electrons. The average Bonchev–Trinajstić information content (AvgIpc) is 3.23. The molecule has 0 bridgehead atoms. The maximum absolute atomic E-state index is 14.1. The number of hydrogen-bond acceptors (Lipinski definition) is 3. The Kier molecular flexibility index (Phi) is 3.85. The summed E-state index contributed by atoms with van der Waals surface area (Å²) in [7, 11) is 1.52. The van der Waals surface area contributed by atoms with E-state index in [1.807, 2.05) is 11.8 Å². The van der Waals surface area contributed by atoms with Crippen LogP contribution in [0, 0.1) is 5.82 Å². The Morgan fingerprint density at radius 3 is 2.81 bits per heavy atom. The second-order valence-corrected chi connectivity index (χ2v) is 5.95. The molecule has 2 fully saturated rings. The topological polar surface area (TPSA) is 41.6 Å². The first-order chi connectivity index (χ1) is 10.1. The van der Waals surface area contributed by atoms with Gasteiger partial charge in [-0.25, -0.2) is 4.39 Å². The van der Waals surface area contributed by atoms with E-state index in [0.717, 1.165) is 19.4 Å². The average molecular weight is 292 g/mol. The van der Waals surface area contributed by atoms with Gasteiger partial charge in [0.05, 0.1) is 7.11 Å². The van der Waals surface area contributed by atoms with Gasteiger partial charge in [0.15, 0.2) is 0 Å². The monoisotopic (exact) mass is 292 g/mol. The van der Waals surface area contributed by atoms with Gasteiger partial charge >= 0.3 is 0 Å². The molecule has 2 atom stereocenters. The van der Waals surface area contributed by atoms with E-state index in [9.17, 15) is 9.18 Å².